The van der Waals surface area contributed by atoms with E-state index in [0.717, 1.165) is 6.26 Å². The zero-order chi connectivity index (χ0) is 18.9. The number of phenolic OH excluding ortho intramolecular Hbond substituents is 1. The summed E-state index contributed by atoms with van der Waals surface area (Å²) in [5, 5.41) is 15.3. The van der Waals surface area contributed by atoms with Gasteiger partial charge in [-0.1, -0.05) is 24.3 Å². The summed E-state index contributed by atoms with van der Waals surface area (Å²) in [6, 6.07) is 12.6. The normalized spacial score (nSPS) is 11.3. The molecule has 0 aliphatic heterocycles. The zero-order valence-corrected chi connectivity index (χ0v) is 14.4. The van der Waals surface area contributed by atoms with Crippen molar-refractivity contribution in [1.82, 2.24) is 0 Å². The van der Waals surface area contributed by atoms with Gasteiger partial charge in [-0.25, -0.2) is 8.42 Å². The smallest absolute Gasteiger partial charge is 0.253 e. The number of rotatable bonds is 6. The molecule has 0 saturated carbocycles. The van der Waals surface area contributed by atoms with Crippen LogP contribution < -0.4 is 26.2 Å². The summed E-state index contributed by atoms with van der Waals surface area (Å²) in [5.74, 6) is -0.0781. The van der Waals surface area contributed by atoms with E-state index in [1.165, 1.54) is 12.1 Å². The summed E-state index contributed by atoms with van der Waals surface area (Å²) < 4.78 is 25.3. The van der Waals surface area contributed by atoms with Crippen molar-refractivity contribution in [3.63, 3.8) is 0 Å². The van der Waals surface area contributed by atoms with Gasteiger partial charge in [-0.3, -0.25) is 14.3 Å². The van der Waals surface area contributed by atoms with E-state index in [2.05, 4.69) is 15.4 Å². The van der Waals surface area contributed by atoms with Gasteiger partial charge in [-0.2, -0.15) is 0 Å². The molecule has 0 heterocycles. The van der Waals surface area contributed by atoms with Gasteiger partial charge in [0.1, 0.15) is 17.1 Å². The third-order valence-electron chi connectivity index (χ3n) is 3.56. The average Bonchev–Trinajstić information content (AvgIpc) is 2.59. The number of hydrogen-bond donors (Lipinski definition) is 4. The number of benzene rings is 2. The molecule has 0 aromatic heterocycles. The van der Waals surface area contributed by atoms with E-state index < -0.39 is 20.9 Å². The van der Waals surface area contributed by atoms with Crippen LogP contribution in [-0.4, -0.2) is 19.8 Å². The lowest BCUT2D eigenvalue weighted by Crippen LogP contribution is -2.36. The van der Waals surface area contributed by atoms with E-state index in [9.17, 15) is 23.1 Å². The minimum Gasteiger partial charge on any atom is -0.506 e. The fraction of sp³-hybridized carbons (Fsp3) is 0.0588. The second-order valence-electron chi connectivity index (χ2n) is 5.60. The summed E-state index contributed by atoms with van der Waals surface area (Å²) in [6.07, 6.45) is 1.01. The molecule has 0 saturated heterocycles. The van der Waals surface area contributed by atoms with Crippen LogP contribution >= 0.6 is 0 Å². The Morgan fingerprint density at radius 2 is 1.23 bits per heavy atom. The topological polar surface area (TPSA) is 125 Å². The molecule has 0 amide bonds. The van der Waals surface area contributed by atoms with Crippen LogP contribution in [0.5, 0.6) is 5.75 Å². The predicted molar refractivity (Wildman–Crippen MR) is 101 cm³/mol. The minimum absolute atomic E-state index is 0.00865. The Balaban J connectivity index is 1.94. The summed E-state index contributed by atoms with van der Waals surface area (Å²) in [7, 11) is -3.52. The number of hydrogen-bond acceptors (Lipinski definition) is 7. The highest BCUT2D eigenvalue weighted by atomic mass is 32.2. The molecule has 0 spiro atoms. The Hall–Kier alpha value is -3.33. The SMILES string of the molecule is CS(=O)(=O)Nc1ccccc1Nc1c(Nc2ccccc2O)c(=O)c1=O. The molecule has 3 rings (SSSR count). The molecule has 0 fully saturated rings. The Morgan fingerprint density at radius 1 is 0.769 bits per heavy atom. The van der Waals surface area contributed by atoms with Gasteiger partial charge in [-0.05, 0) is 24.3 Å². The molecule has 134 valence electrons. The van der Waals surface area contributed by atoms with Crippen molar-refractivity contribution in [3.8, 4) is 5.75 Å². The Labute approximate surface area is 148 Å². The number of nitrogens with one attached hydrogen (secondary N) is 3. The second-order valence-corrected chi connectivity index (χ2v) is 7.34. The first-order valence-electron chi connectivity index (χ1n) is 7.48. The van der Waals surface area contributed by atoms with Crippen LogP contribution in [0, 0.1) is 0 Å². The van der Waals surface area contributed by atoms with Gasteiger partial charge >= 0.3 is 0 Å². The number of sulfonamides is 1. The van der Waals surface area contributed by atoms with Gasteiger partial charge in [0.15, 0.2) is 0 Å². The van der Waals surface area contributed by atoms with Crippen LogP contribution in [0.25, 0.3) is 0 Å². The maximum Gasteiger partial charge on any atom is 0.253 e. The zero-order valence-electron chi connectivity index (χ0n) is 13.6. The molecule has 3 aromatic rings. The van der Waals surface area contributed by atoms with Crippen molar-refractivity contribution in [2.24, 2.45) is 0 Å². The van der Waals surface area contributed by atoms with Gasteiger partial charge in [0.05, 0.1) is 23.3 Å². The monoisotopic (exact) mass is 373 g/mol. The minimum atomic E-state index is -3.52. The maximum atomic E-state index is 11.9. The Morgan fingerprint density at radius 3 is 1.77 bits per heavy atom. The molecule has 9 heteroatoms. The van der Waals surface area contributed by atoms with E-state index in [1.807, 2.05) is 0 Å². The highest BCUT2D eigenvalue weighted by Crippen LogP contribution is 2.31. The third-order valence-corrected chi connectivity index (χ3v) is 4.15. The molecule has 3 aromatic carbocycles. The number of phenols is 1. The van der Waals surface area contributed by atoms with E-state index in [0.29, 0.717) is 5.69 Å². The van der Waals surface area contributed by atoms with Crippen LogP contribution in [0.15, 0.2) is 58.1 Å². The molecule has 0 atom stereocenters. The first kappa shape index (κ1) is 17.5. The third kappa shape index (κ3) is 3.52. The first-order valence-corrected chi connectivity index (χ1v) is 9.37. The van der Waals surface area contributed by atoms with Gasteiger partial charge in [-0.15, -0.1) is 0 Å². The molecule has 0 aliphatic carbocycles. The number of para-hydroxylation sites is 4. The van der Waals surface area contributed by atoms with Crippen LogP contribution in [0.1, 0.15) is 0 Å². The number of anilines is 5. The lowest BCUT2D eigenvalue weighted by Gasteiger charge is -2.17. The molecule has 0 unspecified atom stereocenters. The Kier molecular flexibility index (Phi) is 4.39. The quantitative estimate of drug-likeness (QED) is 0.384. The molecule has 0 bridgehead atoms. The van der Waals surface area contributed by atoms with Crippen molar-refractivity contribution in [2.45, 2.75) is 0 Å². The van der Waals surface area contributed by atoms with E-state index in [-0.39, 0.29) is 28.5 Å². The number of aromatic hydroxyl groups is 1. The summed E-state index contributed by atoms with van der Waals surface area (Å²) in [5.41, 5.74) is -0.680. The molecular weight excluding hydrogens is 358 g/mol. The lowest BCUT2D eigenvalue weighted by atomic mass is 10.1. The first-order chi connectivity index (χ1) is 12.3. The lowest BCUT2D eigenvalue weighted by molar-refractivity contribution is 0.478. The largest absolute Gasteiger partial charge is 0.506 e. The average molecular weight is 373 g/mol. The van der Waals surface area contributed by atoms with Crippen LogP contribution in [0.4, 0.5) is 28.4 Å². The molecule has 26 heavy (non-hydrogen) atoms. The van der Waals surface area contributed by atoms with Crippen LogP contribution in [0.3, 0.4) is 0 Å². The fourth-order valence-electron chi connectivity index (χ4n) is 2.36. The predicted octanol–water partition coefficient (Wildman–Crippen LogP) is 1.85. The fourth-order valence-corrected chi connectivity index (χ4v) is 2.94. The second kappa shape index (κ2) is 6.52. The summed E-state index contributed by atoms with van der Waals surface area (Å²) >= 11 is 0. The van der Waals surface area contributed by atoms with Crippen molar-refractivity contribution >= 4 is 38.5 Å². The van der Waals surface area contributed by atoms with Gasteiger partial charge < -0.3 is 15.7 Å². The summed E-state index contributed by atoms with van der Waals surface area (Å²) in [6.45, 7) is 0. The molecular formula is C17H15N3O5S. The van der Waals surface area contributed by atoms with E-state index in [1.54, 1.807) is 36.4 Å². The highest BCUT2D eigenvalue weighted by Gasteiger charge is 2.23. The van der Waals surface area contributed by atoms with Gasteiger partial charge in [0, 0.05) is 0 Å². The van der Waals surface area contributed by atoms with Crippen molar-refractivity contribution in [3.05, 3.63) is 69.0 Å². The van der Waals surface area contributed by atoms with E-state index in [4.69, 9.17) is 0 Å². The standard InChI is InChI=1S/C17H15N3O5S/c1-26(24,25)20-11-7-3-2-6-10(11)18-14-15(17(23)16(14)22)19-12-8-4-5-9-13(12)21/h2-9,18-21H,1H3. The van der Waals surface area contributed by atoms with Crippen molar-refractivity contribution in [2.75, 3.05) is 21.6 Å². The molecule has 0 aliphatic rings. The maximum absolute atomic E-state index is 11.9. The molecule has 4 N–H and O–H groups in total. The molecule has 0 radical (unpaired) electrons. The van der Waals surface area contributed by atoms with Crippen LogP contribution in [-0.2, 0) is 10.0 Å². The highest BCUT2D eigenvalue weighted by molar-refractivity contribution is 7.92. The van der Waals surface area contributed by atoms with E-state index >= 15 is 0 Å². The van der Waals surface area contributed by atoms with Crippen molar-refractivity contribution in [1.29, 1.82) is 0 Å². The molecule has 8 nitrogen and oxygen atoms in total. The van der Waals surface area contributed by atoms with Crippen LogP contribution in [0.2, 0.25) is 0 Å². The summed E-state index contributed by atoms with van der Waals surface area (Å²) in [4.78, 5) is 23.8. The van der Waals surface area contributed by atoms with Gasteiger partial charge in [0.25, 0.3) is 10.9 Å². The van der Waals surface area contributed by atoms with Gasteiger partial charge in [0.2, 0.25) is 10.0 Å². The van der Waals surface area contributed by atoms with Crippen molar-refractivity contribution < 1.29 is 13.5 Å². The Bertz CT molecular complexity index is 1150.